The Kier molecular flexibility index (Phi) is 4.95. The Balaban J connectivity index is 1.62. The molecule has 0 spiro atoms. The van der Waals surface area contributed by atoms with Crippen LogP contribution in [0.4, 0.5) is 0 Å². The number of aliphatic hydroxyl groups is 1. The molecule has 23 heavy (non-hydrogen) atoms. The highest BCUT2D eigenvalue weighted by molar-refractivity contribution is 9.10. The Morgan fingerprint density at radius 1 is 1.26 bits per heavy atom. The molecule has 1 amide bonds. The molecule has 0 aliphatic rings. The lowest BCUT2D eigenvalue weighted by Gasteiger charge is -2.10. The van der Waals surface area contributed by atoms with E-state index in [9.17, 15) is 9.90 Å². The van der Waals surface area contributed by atoms with Gasteiger partial charge in [-0.15, -0.1) is 0 Å². The van der Waals surface area contributed by atoms with Crippen LogP contribution in [0.5, 0.6) is 0 Å². The second-order valence-corrected chi connectivity index (χ2v) is 6.55. The van der Waals surface area contributed by atoms with E-state index >= 15 is 0 Å². The van der Waals surface area contributed by atoms with E-state index in [1.807, 2.05) is 29.0 Å². The molecule has 4 nitrogen and oxygen atoms in total. The Morgan fingerprint density at radius 2 is 2.09 bits per heavy atom. The van der Waals surface area contributed by atoms with Gasteiger partial charge < -0.3 is 14.8 Å². The molecule has 6 heteroatoms. The summed E-state index contributed by atoms with van der Waals surface area (Å²) < 4.78 is 6.36. The first kappa shape index (κ1) is 16.0. The van der Waals surface area contributed by atoms with Gasteiger partial charge in [-0.2, -0.15) is 11.3 Å². The number of amides is 1. The van der Waals surface area contributed by atoms with Crippen molar-refractivity contribution in [2.45, 2.75) is 6.10 Å². The van der Waals surface area contributed by atoms with Crippen LogP contribution >= 0.6 is 27.3 Å². The van der Waals surface area contributed by atoms with E-state index in [1.165, 1.54) is 0 Å². The first-order valence-electron chi connectivity index (χ1n) is 6.98. The van der Waals surface area contributed by atoms with Gasteiger partial charge in [0.1, 0.15) is 17.6 Å². The second kappa shape index (κ2) is 7.12. The van der Waals surface area contributed by atoms with Gasteiger partial charge in [0.15, 0.2) is 0 Å². The van der Waals surface area contributed by atoms with Crippen LogP contribution in [0, 0.1) is 0 Å². The van der Waals surface area contributed by atoms with Crippen molar-refractivity contribution in [1.82, 2.24) is 5.32 Å². The fraction of sp³-hybridized carbons (Fsp3) is 0.118. The Labute approximate surface area is 145 Å². The fourth-order valence-electron chi connectivity index (χ4n) is 2.12. The minimum Gasteiger partial charge on any atom is -0.458 e. The van der Waals surface area contributed by atoms with Crippen LogP contribution in [-0.2, 0) is 0 Å². The number of carbonyl (C=O) groups is 1. The third-order valence-electron chi connectivity index (χ3n) is 3.34. The predicted molar refractivity (Wildman–Crippen MR) is 93.5 cm³/mol. The topological polar surface area (TPSA) is 62.5 Å². The summed E-state index contributed by atoms with van der Waals surface area (Å²) in [5, 5.41) is 16.8. The molecule has 3 aromatic rings. The number of nitrogens with one attached hydrogen (secondary N) is 1. The minimum absolute atomic E-state index is 0.0801. The van der Waals surface area contributed by atoms with Crippen LogP contribution in [0.3, 0.4) is 0 Å². The first-order chi connectivity index (χ1) is 11.1. The van der Waals surface area contributed by atoms with E-state index < -0.39 is 6.10 Å². The molecule has 118 valence electrons. The second-order valence-electron chi connectivity index (χ2n) is 4.92. The van der Waals surface area contributed by atoms with E-state index in [0.29, 0.717) is 21.6 Å². The van der Waals surface area contributed by atoms with Crippen LogP contribution in [0.25, 0.3) is 11.3 Å². The summed E-state index contributed by atoms with van der Waals surface area (Å²) in [5.41, 5.74) is 1.50. The van der Waals surface area contributed by atoms with Gasteiger partial charge in [0.05, 0.1) is 12.1 Å². The number of aliphatic hydroxyl groups excluding tert-OH is 1. The molecule has 1 unspecified atom stereocenters. The summed E-state index contributed by atoms with van der Waals surface area (Å²) in [7, 11) is 0. The summed E-state index contributed by atoms with van der Waals surface area (Å²) in [6, 6.07) is 12.6. The van der Waals surface area contributed by atoms with Crippen molar-refractivity contribution in [1.29, 1.82) is 0 Å². The van der Waals surface area contributed by atoms with Gasteiger partial charge in [-0.05, 0) is 51.6 Å². The van der Waals surface area contributed by atoms with Gasteiger partial charge >= 0.3 is 0 Å². The molecule has 1 atom stereocenters. The Hall–Kier alpha value is -1.89. The zero-order valence-corrected chi connectivity index (χ0v) is 14.4. The van der Waals surface area contributed by atoms with E-state index in [-0.39, 0.29) is 12.5 Å². The third kappa shape index (κ3) is 3.72. The largest absolute Gasteiger partial charge is 0.458 e. The van der Waals surface area contributed by atoms with Gasteiger partial charge in [0, 0.05) is 15.4 Å². The highest BCUT2D eigenvalue weighted by atomic mass is 79.9. The van der Waals surface area contributed by atoms with Gasteiger partial charge in [-0.1, -0.05) is 12.1 Å². The first-order valence-corrected chi connectivity index (χ1v) is 8.72. The van der Waals surface area contributed by atoms with Crippen molar-refractivity contribution in [3.8, 4) is 11.3 Å². The summed E-state index contributed by atoms with van der Waals surface area (Å²) in [6.07, 6.45) is -0.895. The van der Waals surface area contributed by atoms with Gasteiger partial charge in [0.25, 0.3) is 5.91 Å². The van der Waals surface area contributed by atoms with Gasteiger partial charge in [-0.25, -0.2) is 0 Å². The Morgan fingerprint density at radius 3 is 2.83 bits per heavy atom. The molecule has 0 saturated heterocycles. The number of hydrogen-bond donors (Lipinski definition) is 2. The van der Waals surface area contributed by atoms with Crippen molar-refractivity contribution in [2.24, 2.45) is 0 Å². The molecule has 0 saturated carbocycles. The SMILES string of the molecule is O=C(NCC(O)c1ccc(-c2ccsc2)o1)c1ccccc1Br. The summed E-state index contributed by atoms with van der Waals surface area (Å²) in [6.45, 7) is 0.0801. The number of thiophene rings is 1. The molecule has 2 N–H and O–H groups in total. The van der Waals surface area contributed by atoms with Crippen molar-refractivity contribution in [2.75, 3.05) is 6.54 Å². The average Bonchev–Trinajstić information content (AvgIpc) is 3.23. The normalized spacial score (nSPS) is 12.1. The Bertz CT molecular complexity index is 798. The minimum atomic E-state index is -0.895. The standard InChI is InChI=1S/C17H14BrNO3S/c18-13-4-2-1-3-12(13)17(21)19-9-14(20)16-6-5-15(22-16)11-7-8-23-10-11/h1-8,10,14,20H,9H2,(H,19,21). The summed E-state index contributed by atoms with van der Waals surface area (Å²) in [5.74, 6) is 0.886. The monoisotopic (exact) mass is 391 g/mol. The third-order valence-corrected chi connectivity index (χ3v) is 4.71. The lowest BCUT2D eigenvalue weighted by Crippen LogP contribution is -2.28. The van der Waals surface area contributed by atoms with E-state index in [4.69, 9.17) is 4.42 Å². The van der Waals surface area contributed by atoms with Gasteiger partial charge in [0.2, 0.25) is 0 Å². The zero-order chi connectivity index (χ0) is 16.2. The maximum atomic E-state index is 12.1. The molecule has 2 aromatic heterocycles. The zero-order valence-electron chi connectivity index (χ0n) is 12.0. The number of rotatable bonds is 5. The summed E-state index contributed by atoms with van der Waals surface area (Å²) in [4.78, 5) is 12.1. The lowest BCUT2D eigenvalue weighted by atomic mass is 10.2. The quantitative estimate of drug-likeness (QED) is 0.683. The highest BCUT2D eigenvalue weighted by Crippen LogP contribution is 2.27. The maximum absolute atomic E-state index is 12.1. The molecule has 2 heterocycles. The van der Waals surface area contributed by atoms with Crippen LogP contribution in [-0.4, -0.2) is 17.6 Å². The van der Waals surface area contributed by atoms with Gasteiger partial charge in [-0.3, -0.25) is 4.79 Å². The van der Waals surface area contributed by atoms with E-state index in [0.717, 1.165) is 5.56 Å². The molecule has 0 radical (unpaired) electrons. The predicted octanol–water partition coefficient (Wildman–Crippen LogP) is 4.23. The number of carbonyl (C=O) groups excluding carboxylic acids is 1. The van der Waals surface area contributed by atoms with Crippen LogP contribution in [0.2, 0.25) is 0 Å². The van der Waals surface area contributed by atoms with Crippen molar-refractivity contribution >= 4 is 33.2 Å². The van der Waals surface area contributed by atoms with E-state index in [2.05, 4.69) is 21.2 Å². The van der Waals surface area contributed by atoms with Crippen LogP contribution in [0.1, 0.15) is 22.2 Å². The molecule has 0 bridgehead atoms. The van der Waals surface area contributed by atoms with Crippen molar-refractivity contribution < 1.29 is 14.3 Å². The highest BCUT2D eigenvalue weighted by Gasteiger charge is 2.16. The van der Waals surface area contributed by atoms with Crippen LogP contribution in [0.15, 0.2) is 62.1 Å². The molecule has 0 fully saturated rings. The van der Waals surface area contributed by atoms with E-state index in [1.54, 1.807) is 35.6 Å². The average molecular weight is 392 g/mol. The smallest absolute Gasteiger partial charge is 0.252 e. The number of halogens is 1. The number of benzene rings is 1. The summed E-state index contributed by atoms with van der Waals surface area (Å²) >= 11 is 4.91. The van der Waals surface area contributed by atoms with Crippen molar-refractivity contribution in [3.63, 3.8) is 0 Å². The number of furan rings is 1. The fourth-order valence-corrected chi connectivity index (χ4v) is 3.23. The lowest BCUT2D eigenvalue weighted by molar-refractivity contribution is 0.0901. The molecular weight excluding hydrogens is 378 g/mol. The maximum Gasteiger partial charge on any atom is 0.252 e. The number of hydrogen-bond acceptors (Lipinski definition) is 4. The molecular formula is C17H14BrNO3S. The molecule has 0 aliphatic heterocycles. The molecule has 1 aromatic carbocycles. The molecule has 0 aliphatic carbocycles. The van der Waals surface area contributed by atoms with Crippen LogP contribution < -0.4 is 5.32 Å². The molecule has 3 rings (SSSR count). The van der Waals surface area contributed by atoms with Crippen molar-refractivity contribution in [3.05, 3.63) is 69.0 Å².